The zero-order valence-electron chi connectivity index (χ0n) is 14.3. The highest BCUT2D eigenvalue weighted by molar-refractivity contribution is 7.92. The summed E-state index contributed by atoms with van der Waals surface area (Å²) in [6, 6.07) is 13.3. The second kappa shape index (κ2) is 7.05. The molecule has 6 heteroatoms. The fraction of sp³-hybridized carbons (Fsp3) is 0.278. The second-order valence-corrected chi connectivity index (χ2v) is 7.72. The van der Waals surface area contributed by atoms with E-state index in [2.05, 4.69) is 5.32 Å². The molecule has 0 aliphatic rings. The third-order valence-electron chi connectivity index (χ3n) is 3.87. The summed E-state index contributed by atoms with van der Waals surface area (Å²) in [5.74, 6) is -0.382. The Hall–Kier alpha value is -2.34. The molecule has 0 radical (unpaired) electrons. The molecule has 0 fully saturated rings. The number of aryl methyl sites for hydroxylation is 2. The minimum atomic E-state index is -3.60. The number of anilines is 2. The first-order chi connectivity index (χ1) is 11.2. The topological polar surface area (TPSA) is 66.5 Å². The van der Waals surface area contributed by atoms with Crippen LogP contribution in [0, 0.1) is 13.8 Å². The number of carbonyl (C=O) groups excluding carboxylic acids is 1. The maximum atomic E-state index is 12.6. The highest BCUT2D eigenvalue weighted by atomic mass is 32.2. The van der Waals surface area contributed by atoms with E-state index < -0.39 is 16.1 Å². The summed E-state index contributed by atoms with van der Waals surface area (Å²) in [4.78, 5) is 12.6. The number of nitrogens with zero attached hydrogens (tertiary/aromatic N) is 1. The monoisotopic (exact) mass is 346 g/mol. The van der Waals surface area contributed by atoms with Crippen LogP contribution in [0.5, 0.6) is 0 Å². The summed E-state index contributed by atoms with van der Waals surface area (Å²) in [6.07, 6.45) is 1.10. The number of sulfonamides is 1. The first-order valence-corrected chi connectivity index (χ1v) is 9.47. The van der Waals surface area contributed by atoms with Crippen molar-refractivity contribution < 1.29 is 13.2 Å². The van der Waals surface area contributed by atoms with Crippen molar-refractivity contribution in [3.63, 3.8) is 0 Å². The quantitative estimate of drug-likeness (QED) is 0.905. The smallest absolute Gasteiger partial charge is 0.247 e. The highest BCUT2D eigenvalue weighted by Gasteiger charge is 2.29. The van der Waals surface area contributed by atoms with Crippen LogP contribution in [0.2, 0.25) is 0 Å². The lowest BCUT2D eigenvalue weighted by molar-refractivity contribution is -0.116. The zero-order chi connectivity index (χ0) is 17.9. The maximum Gasteiger partial charge on any atom is 0.247 e. The summed E-state index contributed by atoms with van der Waals surface area (Å²) in [7, 11) is -3.60. The normalized spacial score (nSPS) is 12.5. The van der Waals surface area contributed by atoms with E-state index in [1.807, 2.05) is 26.0 Å². The van der Waals surface area contributed by atoms with Gasteiger partial charge in [-0.25, -0.2) is 8.42 Å². The van der Waals surface area contributed by atoms with Crippen molar-refractivity contribution in [3.8, 4) is 0 Å². The predicted molar refractivity (Wildman–Crippen MR) is 97.8 cm³/mol. The van der Waals surface area contributed by atoms with Crippen molar-refractivity contribution >= 4 is 27.3 Å². The van der Waals surface area contributed by atoms with Crippen molar-refractivity contribution in [2.24, 2.45) is 0 Å². The van der Waals surface area contributed by atoms with E-state index in [0.717, 1.165) is 21.7 Å². The van der Waals surface area contributed by atoms with Crippen molar-refractivity contribution in [1.82, 2.24) is 0 Å². The minimum absolute atomic E-state index is 0.382. The molecule has 1 N–H and O–H groups in total. The van der Waals surface area contributed by atoms with Crippen LogP contribution in [0.25, 0.3) is 0 Å². The lowest BCUT2D eigenvalue weighted by Crippen LogP contribution is -2.45. The van der Waals surface area contributed by atoms with Crippen LogP contribution < -0.4 is 9.62 Å². The minimum Gasteiger partial charge on any atom is -0.324 e. The van der Waals surface area contributed by atoms with Crippen LogP contribution in [0.4, 0.5) is 11.4 Å². The van der Waals surface area contributed by atoms with Gasteiger partial charge in [-0.05, 0) is 56.2 Å². The summed E-state index contributed by atoms with van der Waals surface area (Å²) in [5, 5.41) is 2.79. The van der Waals surface area contributed by atoms with Gasteiger partial charge in [-0.15, -0.1) is 0 Å². The molecule has 0 aliphatic heterocycles. The van der Waals surface area contributed by atoms with E-state index in [9.17, 15) is 13.2 Å². The molecule has 1 atom stereocenters. The molecule has 0 spiro atoms. The molecule has 2 rings (SSSR count). The zero-order valence-corrected chi connectivity index (χ0v) is 15.1. The number of hydrogen-bond donors (Lipinski definition) is 1. The molecular formula is C18H22N2O3S. The average molecular weight is 346 g/mol. The Morgan fingerprint density at radius 3 is 2.21 bits per heavy atom. The number of para-hydroxylation sites is 1. The Kier molecular flexibility index (Phi) is 5.29. The van der Waals surface area contributed by atoms with E-state index in [-0.39, 0.29) is 5.91 Å². The maximum absolute atomic E-state index is 12.6. The van der Waals surface area contributed by atoms with Gasteiger partial charge in [0.2, 0.25) is 15.9 Å². The number of nitrogens with one attached hydrogen (secondary N) is 1. The summed E-state index contributed by atoms with van der Waals surface area (Å²) < 4.78 is 25.5. The Bertz CT molecular complexity index is 833. The third-order valence-corrected chi connectivity index (χ3v) is 5.12. The van der Waals surface area contributed by atoms with Crippen molar-refractivity contribution in [2.75, 3.05) is 15.9 Å². The van der Waals surface area contributed by atoms with Crippen LogP contribution in [-0.2, 0) is 14.8 Å². The van der Waals surface area contributed by atoms with Gasteiger partial charge in [0.05, 0.1) is 11.9 Å². The largest absolute Gasteiger partial charge is 0.324 e. The van der Waals surface area contributed by atoms with E-state index in [0.29, 0.717) is 11.4 Å². The molecule has 2 aromatic carbocycles. The molecule has 2 aromatic rings. The first kappa shape index (κ1) is 18.0. The van der Waals surface area contributed by atoms with Gasteiger partial charge < -0.3 is 5.32 Å². The predicted octanol–water partition coefficient (Wildman–Crippen LogP) is 3.10. The fourth-order valence-electron chi connectivity index (χ4n) is 2.45. The molecular weight excluding hydrogens is 324 g/mol. The van der Waals surface area contributed by atoms with Gasteiger partial charge in [0.1, 0.15) is 6.04 Å². The molecule has 24 heavy (non-hydrogen) atoms. The second-order valence-electron chi connectivity index (χ2n) is 5.86. The Morgan fingerprint density at radius 2 is 1.67 bits per heavy atom. The molecule has 0 unspecified atom stereocenters. The first-order valence-electron chi connectivity index (χ1n) is 7.62. The Labute approximate surface area is 143 Å². The van der Waals surface area contributed by atoms with Gasteiger partial charge in [0.15, 0.2) is 0 Å². The van der Waals surface area contributed by atoms with Gasteiger partial charge in [-0.1, -0.05) is 24.3 Å². The highest BCUT2D eigenvalue weighted by Crippen LogP contribution is 2.21. The molecule has 0 aliphatic carbocycles. The number of carbonyl (C=O) groups is 1. The summed E-state index contributed by atoms with van der Waals surface area (Å²) >= 11 is 0. The van der Waals surface area contributed by atoms with Crippen LogP contribution >= 0.6 is 0 Å². The molecule has 0 saturated heterocycles. The van der Waals surface area contributed by atoms with Gasteiger partial charge in [0.25, 0.3) is 0 Å². The SMILES string of the molecule is Cc1ccc(NC(=O)[C@@H](C)N(c2ccccc2)S(C)(=O)=O)cc1C. The molecule has 1 amide bonds. The van der Waals surface area contributed by atoms with E-state index in [1.54, 1.807) is 43.3 Å². The van der Waals surface area contributed by atoms with Gasteiger partial charge in [-0.2, -0.15) is 0 Å². The van der Waals surface area contributed by atoms with Crippen LogP contribution in [0.1, 0.15) is 18.1 Å². The standard InChI is InChI=1S/C18H22N2O3S/c1-13-10-11-16(12-14(13)2)19-18(21)15(3)20(24(4,22)23)17-8-6-5-7-9-17/h5-12,15H,1-4H3,(H,19,21)/t15-/m1/s1. The number of rotatable bonds is 5. The lowest BCUT2D eigenvalue weighted by Gasteiger charge is -2.28. The number of amides is 1. The molecule has 128 valence electrons. The van der Waals surface area contributed by atoms with Crippen molar-refractivity contribution in [3.05, 3.63) is 59.7 Å². The molecule has 0 bridgehead atoms. The summed E-state index contributed by atoms with van der Waals surface area (Å²) in [6.45, 7) is 5.52. The Balaban J connectivity index is 2.27. The molecule has 0 aromatic heterocycles. The van der Waals surface area contributed by atoms with Crippen molar-refractivity contribution in [2.45, 2.75) is 26.8 Å². The summed E-state index contributed by atoms with van der Waals surface area (Å²) in [5.41, 5.74) is 3.30. The van der Waals surface area contributed by atoms with E-state index >= 15 is 0 Å². The van der Waals surface area contributed by atoms with Crippen LogP contribution in [-0.4, -0.2) is 26.6 Å². The van der Waals surface area contributed by atoms with Gasteiger partial charge in [-0.3, -0.25) is 9.10 Å². The average Bonchev–Trinajstić information content (AvgIpc) is 2.50. The van der Waals surface area contributed by atoms with Crippen LogP contribution in [0.3, 0.4) is 0 Å². The molecule has 5 nitrogen and oxygen atoms in total. The van der Waals surface area contributed by atoms with Gasteiger partial charge >= 0.3 is 0 Å². The molecule has 0 saturated carbocycles. The van der Waals surface area contributed by atoms with E-state index in [4.69, 9.17) is 0 Å². The molecule has 0 heterocycles. The van der Waals surface area contributed by atoms with E-state index in [1.165, 1.54) is 0 Å². The van der Waals surface area contributed by atoms with Crippen LogP contribution in [0.15, 0.2) is 48.5 Å². The Morgan fingerprint density at radius 1 is 1.04 bits per heavy atom. The fourth-order valence-corrected chi connectivity index (χ4v) is 3.62. The van der Waals surface area contributed by atoms with Gasteiger partial charge in [0, 0.05) is 5.69 Å². The lowest BCUT2D eigenvalue weighted by atomic mass is 10.1. The third kappa shape index (κ3) is 4.14. The number of hydrogen-bond acceptors (Lipinski definition) is 3. The number of benzene rings is 2. The van der Waals surface area contributed by atoms with Crippen molar-refractivity contribution in [1.29, 1.82) is 0 Å².